The summed E-state index contributed by atoms with van der Waals surface area (Å²) in [5, 5.41) is 21.8. The number of carbonyl (C=O) groups excluding carboxylic acids is 1. The van der Waals surface area contributed by atoms with E-state index in [2.05, 4.69) is 24.6 Å². The van der Waals surface area contributed by atoms with Crippen LogP contribution in [0.1, 0.15) is 35.0 Å². The van der Waals surface area contributed by atoms with Crippen LogP contribution in [0.5, 0.6) is 0 Å². The third-order valence-corrected chi connectivity index (χ3v) is 5.51. The van der Waals surface area contributed by atoms with E-state index in [0.29, 0.717) is 6.54 Å². The maximum Gasteiger partial charge on any atom is 0.333 e. The fourth-order valence-corrected chi connectivity index (χ4v) is 3.55. The van der Waals surface area contributed by atoms with Gasteiger partial charge in [-0.15, -0.1) is 0 Å². The van der Waals surface area contributed by atoms with Gasteiger partial charge in [-0.05, 0) is 18.1 Å². The number of rotatable bonds is 12. The van der Waals surface area contributed by atoms with Crippen LogP contribution in [0.15, 0.2) is 55.1 Å². The van der Waals surface area contributed by atoms with Gasteiger partial charge in [0.1, 0.15) is 23.9 Å². The van der Waals surface area contributed by atoms with Gasteiger partial charge in [-0.3, -0.25) is 13.7 Å². The van der Waals surface area contributed by atoms with Crippen molar-refractivity contribution < 1.29 is 26.9 Å². The second-order valence-electron chi connectivity index (χ2n) is 7.48. The number of alkyl halides is 1. The number of aliphatic hydroxyl groups is 1. The number of anilines is 1. The molecule has 182 valence electrons. The van der Waals surface area contributed by atoms with Crippen molar-refractivity contribution in [3.63, 3.8) is 0 Å². The second-order valence-corrected chi connectivity index (χ2v) is 8.70. The van der Waals surface area contributed by atoms with Crippen LogP contribution in [0.25, 0.3) is 0 Å². The fraction of sp³-hybridized carbons (Fsp3) is 0.333. The highest BCUT2D eigenvalue weighted by molar-refractivity contribution is 7.84. The number of aromatic nitrogens is 4. The topological polar surface area (TPSA) is 162 Å². The first-order valence-electron chi connectivity index (χ1n) is 10.4. The summed E-state index contributed by atoms with van der Waals surface area (Å²) in [6.45, 7) is 1.58. The standard InChI is InChI=1S/C21H25FN6O5S/c1-2-15(12-33-34(23,31)32)18(29)20(22)26-21-16(10-24-13-25-21)19(30)17-8-9-28(27-17)11-14-6-4-3-5-7-14/h3-10,13,15,18,20,29H,2,11-12H2,1H3,(H2,23,31,32)(H,24,25,26)/t15-,18-,20+/m1/s1. The van der Waals surface area contributed by atoms with Gasteiger partial charge in [-0.2, -0.15) is 13.5 Å². The van der Waals surface area contributed by atoms with E-state index in [1.165, 1.54) is 12.3 Å². The molecule has 0 amide bonds. The minimum Gasteiger partial charge on any atom is -0.388 e. The molecule has 2 aromatic heterocycles. The van der Waals surface area contributed by atoms with Crippen molar-refractivity contribution in [2.75, 3.05) is 11.9 Å². The molecule has 3 aromatic rings. The zero-order valence-corrected chi connectivity index (χ0v) is 19.1. The number of aliphatic hydroxyl groups excluding tert-OH is 1. The molecule has 3 rings (SSSR count). The molecule has 4 N–H and O–H groups in total. The number of hydrogen-bond acceptors (Lipinski definition) is 9. The first kappa shape index (κ1) is 25.4. The van der Waals surface area contributed by atoms with Gasteiger partial charge >= 0.3 is 10.3 Å². The van der Waals surface area contributed by atoms with Crippen LogP contribution in [-0.2, 0) is 21.0 Å². The molecule has 1 aromatic carbocycles. The van der Waals surface area contributed by atoms with Gasteiger partial charge in [0.2, 0.25) is 5.78 Å². The highest BCUT2D eigenvalue weighted by Gasteiger charge is 2.30. The van der Waals surface area contributed by atoms with Crippen molar-refractivity contribution in [1.29, 1.82) is 0 Å². The van der Waals surface area contributed by atoms with Crippen LogP contribution >= 0.6 is 0 Å². The van der Waals surface area contributed by atoms with Gasteiger partial charge in [0, 0.05) is 18.3 Å². The van der Waals surface area contributed by atoms with Crippen LogP contribution in [0.3, 0.4) is 0 Å². The minimum atomic E-state index is -4.24. The quantitative estimate of drug-likeness (QED) is 0.250. The van der Waals surface area contributed by atoms with Crippen molar-refractivity contribution in [3.05, 3.63) is 71.9 Å². The van der Waals surface area contributed by atoms with Gasteiger partial charge in [0.15, 0.2) is 6.30 Å². The largest absolute Gasteiger partial charge is 0.388 e. The lowest BCUT2D eigenvalue weighted by molar-refractivity contribution is 0.0207. The summed E-state index contributed by atoms with van der Waals surface area (Å²) in [5.41, 5.74) is 1.06. The summed E-state index contributed by atoms with van der Waals surface area (Å²) in [4.78, 5) is 20.8. The Labute approximate surface area is 196 Å². The van der Waals surface area contributed by atoms with Gasteiger partial charge < -0.3 is 10.4 Å². The zero-order valence-electron chi connectivity index (χ0n) is 18.3. The van der Waals surface area contributed by atoms with E-state index in [9.17, 15) is 22.7 Å². The number of nitrogens with two attached hydrogens (primary N) is 1. The molecule has 0 unspecified atom stereocenters. The average Bonchev–Trinajstić information content (AvgIpc) is 3.27. The van der Waals surface area contributed by atoms with Crippen molar-refractivity contribution in [1.82, 2.24) is 19.7 Å². The van der Waals surface area contributed by atoms with E-state index in [4.69, 9.17) is 5.14 Å². The third kappa shape index (κ3) is 6.87. The number of carbonyl (C=O) groups is 1. The summed E-state index contributed by atoms with van der Waals surface area (Å²) in [5.74, 6) is -1.58. The third-order valence-electron chi connectivity index (χ3n) is 5.05. The number of halogens is 1. The molecule has 2 heterocycles. The molecule has 3 atom stereocenters. The molecule has 11 nitrogen and oxygen atoms in total. The second kappa shape index (κ2) is 11.2. The van der Waals surface area contributed by atoms with Crippen molar-refractivity contribution in [2.45, 2.75) is 32.3 Å². The minimum absolute atomic E-state index is 0.0452. The molecule has 13 heteroatoms. The molecule has 0 bridgehead atoms. The maximum atomic E-state index is 14.8. The Hall–Kier alpha value is -3.26. The Bertz CT molecular complexity index is 1210. The fourth-order valence-electron chi connectivity index (χ4n) is 3.19. The van der Waals surface area contributed by atoms with E-state index in [-0.39, 0.29) is 23.5 Å². The lowest BCUT2D eigenvalue weighted by Gasteiger charge is -2.25. The van der Waals surface area contributed by atoms with Crippen LogP contribution in [0.4, 0.5) is 10.2 Å². The van der Waals surface area contributed by atoms with Crippen molar-refractivity contribution in [2.24, 2.45) is 11.1 Å². The Morgan fingerprint density at radius 3 is 2.71 bits per heavy atom. The van der Waals surface area contributed by atoms with Crippen molar-refractivity contribution >= 4 is 21.9 Å². The molecule has 0 aliphatic heterocycles. The molecule has 0 radical (unpaired) electrons. The van der Waals surface area contributed by atoms with E-state index in [1.807, 2.05) is 30.3 Å². The van der Waals surface area contributed by atoms with Crippen molar-refractivity contribution in [3.8, 4) is 0 Å². The first-order chi connectivity index (χ1) is 16.2. The zero-order chi connectivity index (χ0) is 24.7. The number of nitrogens with one attached hydrogen (secondary N) is 1. The van der Waals surface area contributed by atoms with Crippen LogP contribution in [0.2, 0.25) is 0 Å². The average molecular weight is 493 g/mol. The normalized spacial score (nSPS) is 14.4. The summed E-state index contributed by atoms with van der Waals surface area (Å²) in [7, 11) is -4.24. The van der Waals surface area contributed by atoms with Crippen LogP contribution in [0, 0.1) is 5.92 Å². The van der Waals surface area contributed by atoms with E-state index < -0.39 is 41.0 Å². The molecular formula is C21H25FN6O5S. The lowest BCUT2D eigenvalue weighted by Crippen LogP contribution is -2.39. The highest BCUT2D eigenvalue weighted by Crippen LogP contribution is 2.21. The lowest BCUT2D eigenvalue weighted by atomic mass is 9.99. The smallest absolute Gasteiger partial charge is 0.333 e. The van der Waals surface area contributed by atoms with Gasteiger partial charge in [0.25, 0.3) is 0 Å². The molecule has 0 aliphatic rings. The number of nitrogens with zero attached hydrogens (tertiary/aromatic N) is 4. The van der Waals surface area contributed by atoms with Gasteiger partial charge in [-0.1, -0.05) is 37.3 Å². The molecular weight excluding hydrogens is 467 g/mol. The van der Waals surface area contributed by atoms with Gasteiger partial charge in [0.05, 0.1) is 18.7 Å². The summed E-state index contributed by atoms with van der Waals surface area (Å²) < 4.78 is 42.9. The number of ketones is 1. The Morgan fingerprint density at radius 2 is 2.03 bits per heavy atom. The first-order valence-corrected chi connectivity index (χ1v) is 11.8. The predicted molar refractivity (Wildman–Crippen MR) is 121 cm³/mol. The van der Waals surface area contributed by atoms with E-state index in [0.717, 1.165) is 11.9 Å². The number of hydrogen-bond donors (Lipinski definition) is 3. The predicted octanol–water partition coefficient (Wildman–Crippen LogP) is 1.27. The molecule has 0 fully saturated rings. The molecule has 0 spiro atoms. The molecule has 0 aliphatic carbocycles. The maximum absolute atomic E-state index is 14.8. The van der Waals surface area contributed by atoms with Gasteiger partial charge in [-0.25, -0.2) is 19.5 Å². The molecule has 34 heavy (non-hydrogen) atoms. The van der Waals surface area contributed by atoms with E-state index in [1.54, 1.807) is 17.8 Å². The highest BCUT2D eigenvalue weighted by atomic mass is 32.2. The Balaban J connectivity index is 1.72. The summed E-state index contributed by atoms with van der Waals surface area (Å²) >= 11 is 0. The SMILES string of the molecule is CC[C@H](COS(N)(=O)=O)[C@@H](O)[C@@H](F)Nc1ncncc1C(=O)c1ccn(Cc2ccccc2)n1. The Morgan fingerprint density at radius 1 is 1.29 bits per heavy atom. The Kier molecular flexibility index (Phi) is 8.39. The van der Waals surface area contributed by atoms with Crippen LogP contribution < -0.4 is 10.5 Å². The molecule has 0 saturated heterocycles. The van der Waals surface area contributed by atoms with E-state index >= 15 is 0 Å². The monoisotopic (exact) mass is 492 g/mol. The number of benzene rings is 1. The summed E-state index contributed by atoms with van der Waals surface area (Å²) in [6.07, 6.45) is 0.423. The van der Waals surface area contributed by atoms with Crippen LogP contribution in [-0.4, -0.2) is 58.1 Å². The molecule has 0 saturated carbocycles. The summed E-state index contributed by atoms with van der Waals surface area (Å²) in [6, 6.07) is 11.1.